The van der Waals surface area contributed by atoms with Gasteiger partial charge < -0.3 is 47.0 Å². The first-order chi connectivity index (χ1) is 19.5. The van der Waals surface area contributed by atoms with Gasteiger partial charge in [-0.05, 0) is 17.9 Å². The zero-order valence-electron chi connectivity index (χ0n) is 22.9. The van der Waals surface area contributed by atoms with Crippen LogP contribution in [0.1, 0.15) is 32.3 Å². The molecule has 18 heteroatoms. The van der Waals surface area contributed by atoms with E-state index < -0.39 is 87.1 Å². The number of carbonyl (C=O) groups is 6. The molecule has 0 saturated carbocycles. The van der Waals surface area contributed by atoms with Crippen molar-refractivity contribution in [2.24, 2.45) is 11.7 Å². The van der Waals surface area contributed by atoms with Crippen molar-refractivity contribution in [2.75, 3.05) is 13.2 Å². The van der Waals surface area contributed by atoms with Crippen LogP contribution in [0.3, 0.4) is 0 Å². The van der Waals surface area contributed by atoms with Crippen LogP contribution in [0, 0.1) is 5.92 Å². The normalized spacial score (nSPS) is 14.1. The maximum atomic E-state index is 13.1. The Kier molecular flexibility index (Phi) is 14.8. The molecule has 1 aromatic rings. The number of nitrogens with one attached hydrogen (secondary N) is 4. The van der Waals surface area contributed by atoms with Crippen molar-refractivity contribution in [1.29, 1.82) is 0 Å². The van der Waals surface area contributed by atoms with Crippen LogP contribution >= 0.6 is 7.82 Å². The van der Waals surface area contributed by atoms with E-state index in [0.717, 1.165) is 0 Å². The number of hydrogen-bond donors (Lipinski definition) is 9. The predicted octanol–water partition coefficient (Wildman–Crippen LogP) is -2.16. The molecule has 1 rings (SSSR count). The van der Waals surface area contributed by atoms with Gasteiger partial charge in [-0.1, -0.05) is 44.2 Å². The Bertz CT molecular complexity index is 1160. The minimum Gasteiger partial charge on any atom is -0.481 e. The van der Waals surface area contributed by atoms with Crippen LogP contribution in [0.25, 0.3) is 0 Å². The smallest absolute Gasteiger partial charge is 0.469 e. The number of carboxylic acid groups (broad SMARTS) is 2. The fraction of sp³-hybridized carbons (Fsp3) is 0.500. The zero-order chi connectivity index (χ0) is 32.0. The lowest BCUT2D eigenvalue weighted by Crippen LogP contribution is -2.59. The molecule has 0 spiro atoms. The maximum absolute atomic E-state index is 13.1. The van der Waals surface area contributed by atoms with Crippen molar-refractivity contribution in [3.63, 3.8) is 0 Å². The van der Waals surface area contributed by atoms with Crippen molar-refractivity contribution in [2.45, 2.75) is 57.3 Å². The summed E-state index contributed by atoms with van der Waals surface area (Å²) in [5.74, 6) is -7.12. The fourth-order valence-electron chi connectivity index (χ4n) is 3.52. The van der Waals surface area contributed by atoms with E-state index >= 15 is 0 Å². The molecular weight excluding hydrogens is 581 g/mol. The predicted molar refractivity (Wildman–Crippen MR) is 144 cm³/mol. The second-order valence-electron chi connectivity index (χ2n) is 9.61. The molecule has 17 nitrogen and oxygen atoms in total. The molecule has 4 amide bonds. The average molecular weight is 618 g/mol. The number of benzene rings is 1. The number of amides is 4. The third kappa shape index (κ3) is 14.7. The monoisotopic (exact) mass is 617 g/mol. The van der Waals surface area contributed by atoms with Gasteiger partial charge in [0.2, 0.25) is 23.6 Å². The molecule has 10 N–H and O–H groups in total. The third-order valence-electron chi connectivity index (χ3n) is 5.45. The number of phosphoric acid groups is 1. The van der Waals surface area contributed by atoms with Gasteiger partial charge in [0.15, 0.2) is 0 Å². The van der Waals surface area contributed by atoms with Crippen LogP contribution in [-0.4, -0.2) is 92.9 Å². The summed E-state index contributed by atoms with van der Waals surface area (Å²) in [4.78, 5) is 91.8. The molecular formula is C24H36N5O12P. The van der Waals surface area contributed by atoms with Crippen LogP contribution in [0.5, 0.6) is 0 Å². The highest BCUT2D eigenvalue weighted by Gasteiger charge is 2.33. The summed E-state index contributed by atoms with van der Waals surface area (Å²) in [5, 5.41) is 26.9. The molecule has 0 unspecified atom stereocenters. The van der Waals surface area contributed by atoms with E-state index in [1.54, 1.807) is 44.2 Å². The molecule has 0 aliphatic rings. The Labute approximate surface area is 240 Å². The van der Waals surface area contributed by atoms with E-state index in [4.69, 9.17) is 20.6 Å². The first-order valence-electron chi connectivity index (χ1n) is 12.6. The van der Waals surface area contributed by atoms with E-state index in [1.165, 1.54) is 0 Å². The molecule has 42 heavy (non-hydrogen) atoms. The van der Waals surface area contributed by atoms with Gasteiger partial charge in [-0.25, -0.2) is 4.57 Å². The topological polar surface area (TPSA) is 284 Å². The number of hydrogen-bond acceptors (Lipinski definition) is 9. The summed E-state index contributed by atoms with van der Waals surface area (Å²) in [6.07, 6.45) is -0.941. The lowest BCUT2D eigenvalue weighted by molar-refractivity contribution is -0.142. The number of carboxylic acids is 2. The number of nitrogens with two attached hydrogens (primary N) is 1. The van der Waals surface area contributed by atoms with Crippen molar-refractivity contribution in [3.8, 4) is 0 Å². The summed E-state index contributed by atoms with van der Waals surface area (Å²) in [6, 6.07) is 2.07. The van der Waals surface area contributed by atoms with Gasteiger partial charge >= 0.3 is 19.8 Å². The van der Waals surface area contributed by atoms with Gasteiger partial charge in [0, 0.05) is 6.42 Å². The van der Waals surface area contributed by atoms with Crippen LogP contribution in [0.15, 0.2) is 30.3 Å². The molecule has 0 aromatic heterocycles. The van der Waals surface area contributed by atoms with E-state index in [1.807, 2.05) is 0 Å². The van der Waals surface area contributed by atoms with Crippen molar-refractivity contribution < 1.29 is 57.9 Å². The maximum Gasteiger partial charge on any atom is 0.469 e. The van der Waals surface area contributed by atoms with E-state index in [-0.39, 0.29) is 18.8 Å². The van der Waals surface area contributed by atoms with E-state index in [0.29, 0.717) is 5.56 Å². The first kappa shape index (κ1) is 36.1. The van der Waals surface area contributed by atoms with Gasteiger partial charge in [-0.15, -0.1) is 0 Å². The third-order valence-corrected chi connectivity index (χ3v) is 5.93. The van der Waals surface area contributed by atoms with Gasteiger partial charge in [0.05, 0.1) is 19.1 Å². The average Bonchev–Trinajstić information content (AvgIpc) is 2.87. The Balaban J connectivity index is 3.19. The SMILES string of the molecule is CC(C)C[C@H](N)C(=O)N[C@@H](COP(=O)(O)O)C(=O)N[C@@H](CC(=O)O)C(=O)N[C@@H](Cc1ccccc1)C(=O)NCC(=O)O. The number of aliphatic carboxylic acids is 2. The molecule has 0 heterocycles. The van der Waals surface area contributed by atoms with Gasteiger partial charge in [-0.2, -0.15) is 0 Å². The Hall–Kier alpha value is -3.89. The highest BCUT2D eigenvalue weighted by atomic mass is 31.2. The van der Waals surface area contributed by atoms with Crippen molar-refractivity contribution >= 4 is 43.4 Å². The standard InChI is InChI=1S/C24H36N5O12P/c1-13(2)8-15(25)21(34)29-18(12-41-42(38,39)40)24(37)28-17(10-19(30)31)23(36)27-16(22(35)26-11-20(32)33)9-14-6-4-3-5-7-14/h3-7,13,15-18H,8-12,25H2,1-2H3,(H,26,35)(H,27,36)(H,28,37)(H,29,34)(H,30,31)(H,32,33)(H2,38,39,40)/t15-,16-,17-,18-/m0/s1. The summed E-state index contributed by atoms with van der Waals surface area (Å²) in [7, 11) is -5.12. The lowest BCUT2D eigenvalue weighted by atomic mass is 10.0. The minimum absolute atomic E-state index is 0.0236. The van der Waals surface area contributed by atoms with E-state index in [2.05, 4.69) is 25.8 Å². The van der Waals surface area contributed by atoms with Gasteiger partial charge in [0.1, 0.15) is 24.7 Å². The zero-order valence-corrected chi connectivity index (χ0v) is 23.8. The molecule has 0 aliphatic carbocycles. The Morgan fingerprint density at radius 1 is 0.833 bits per heavy atom. The fourth-order valence-corrected chi connectivity index (χ4v) is 3.86. The molecule has 1 aromatic carbocycles. The quantitative estimate of drug-likeness (QED) is 0.0795. The number of rotatable bonds is 18. The molecule has 0 fully saturated rings. The Morgan fingerprint density at radius 2 is 1.38 bits per heavy atom. The highest BCUT2D eigenvalue weighted by molar-refractivity contribution is 7.46. The highest BCUT2D eigenvalue weighted by Crippen LogP contribution is 2.35. The first-order valence-corrected chi connectivity index (χ1v) is 14.1. The van der Waals surface area contributed by atoms with Crippen LogP contribution < -0.4 is 27.0 Å². The summed E-state index contributed by atoms with van der Waals surface area (Å²) < 4.78 is 15.6. The molecule has 0 bridgehead atoms. The largest absolute Gasteiger partial charge is 0.481 e. The molecule has 234 valence electrons. The summed E-state index contributed by atoms with van der Waals surface area (Å²) in [5.41, 5.74) is 6.36. The summed E-state index contributed by atoms with van der Waals surface area (Å²) in [6.45, 7) is 1.72. The molecule has 0 radical (unpaired) electrons. The minimum atomic E-state index is -5.12. The van der Waals surface area contributed by atoms with Gasteiger partial charge in [-0.3, -0.25) is 33.3 Å². The van der Waals surface area contributed by atoms with Crippen LogP contribution in [0.4, 0.5) is 0 Å². The Morgan fingerprint density at radius 3 is 1.90 bits per heavy atom. The van der Waals surface area contributed by atoms with Crippen molar-refractivity contribution in [3.05, 3.63) is 35.9 Å². The van der Waals surface area contributed by atoms with Crippen LogP contribution in [0.2, 0.25) is 0 Å². The lowest BCUT2D eigenvalue weighted by Gasteiger charge is -2.25. The summed E-state index contributed by atoms with van der Waals surface area (Å²) >= 11 is 0. The van der Waals surface area contributed by atoms with E-state index in [9.17, 15) is 38.4 Å². The second kappa shape index (κ2) is 17.2. The van der Waals surface area contributed by atoms with Gasteiger partial charge in [0.25, 0.3) is 0 Å². The number of carbonyl (C=O) groups excluding carboxylic acids is 4. The molecule has 4 atom stereocenters. The molecule has 0 aliphatic heterocycles. The second-order valence-corrected chi connectivity index (χ2v) is 10.8. The number of phosphoric ester groups is 1. The van der Waals surface area contributed by atoms with Crippen molar-refractivity contribution in [1.82, 2.24) is 21.3 Å². The van der Waals surface area contributed by atoms with Crippen LogP contribution in [-0.2, 0) is 44.3 Å². The molecule has 0 saturated heterocycles.